The Balaban J connectivity index is 1.32. The molecule has 4 aliphatic rings. The maximum absolute atomic E-state index is 15.2. The molecule has 2 saturated heterocycles. The van der Waals surface area contributed by atoms with Crippen LogP contribution in [0.5, 0.6) is 5.75 Å². The quantitative estimate of drug-likeness (QED) is 0.156. The molecule has 8 nitrogen and oxygen atoms in total. The molecule has 0 bridgehead atoms. The molecular formula is C40H30Cl2FN3O5. The van der Waals surface area contributed by atoms with Crippen LogP contribution < -0.4 is 10.3 Å². The average molecular weight is 723 g/mol. The van der Waals surface area contributed by atoms with Gasteiger partial charge in [0, 0.05) is 21.5 Å². The third-order valence-electron chi connectivity index (χ3n) is 10.9. The zero-order valence-electron chi connectivity index (χ0n) is 26.9. The minimum atomic E-state index is -1.64. The van der Waals surface area contributed by atoms with Crippen molar-refractivity contribution in [2.45, 2.75) is 24.2 Å². The summed E-state index contributed by atoms with van der Waals surface area (Å²) >= 11 is 12.9. The molecule has 2 aliphatic carbocycles. The number of hydrogen-bond acceptors (Lipinski definition) is 6. The molecule has 11 heteroatoms. The first-order chi connectivity index (χ1) is 24.5. The fourth-order valence-corrected chi connectivity index (χ4v) is 9.08. The Hall–Kier alpha value is -5.25. The molecule has 2 heterocycles. The van der Waals surface area contributed by atoms with Gasteiger partial charge in [-0.15, -0.1) is 0 Å². The molecule has 2 aliphatic heterocycles. The molecule has 6 atom stereocenters. The molecule has 0 spiro atoms. The number of nitrogens with zero attached hydrogens (tertiary/aromatic N) is 2. The van der Waals surface area contributed by atoms with Crippen LogP contribution in [0.1, 0.15) is 35.4 Å². The van der Waals surface area contributed by atoms with Crippen LogP contribution in [0.3, 0.4) is 0 Å². The number of carbonyl (C=O) groups excluding carboxylic acids is 4. The molecule has 4 aromatic rings. The van der Waals surface area contributed by atoms with E-state index < -0.39 is 58.5 Å². The lowest BCUT2D eigenvalue weighted by Crippen LogP contribution is -2.53. The highest BCUT2D eigenvalue weighted by Gasteiger charge is 2.70. The Kier molecular flexibility index (Phi) is 7.88. The summed E-state index contributed by atoms with van der Waals surface area (Å²) in [6.07, 6.45) is 3.83. The van der Waals surface area contributed by atoms with Crippen molar-refractivity contribution in [2.75, 3.05) is 10.3 Å². The number of anilines is 2. The largest absolute Gasteiger partial charge is 0.508 e. The number of halogens is 3. The number of carbonyl (C=O) groups is 4. The summed E-state index contributed by atoms with van der Waals surface area (Å²) in [5, 5.41) is 13.1. The van der Waals surface area contributed by atoms with Crippen LogP contribution in [0.4, 0.5) is 15.8 Å². The molecule has 256 valence electrons. The van der Waals surface area contributed by atoms with Gasteiger partial charge in [0.1, 0.15) is 11.6 Å². The molecule has 4 amide bonds. The Bertz CT molecular complexity index is 2170. The summed E-state index contributed by atoms with van der Waals surface area (Å²) in [7, 11) is 0. The predicted molar refractivity (Wildman–Crippen MR) is 191 cm³/mol. The zero-order valence-corrected chi connectivity index (χ0v) is 28.4. The number of rotatable bonds is 6. The van der Waals surface area contributed by atoms with E-state index in [0.717, 1.165) is 10.6 Å². The normalized spacial score (nSPS) is 26.8. The third kappa shape index (κ3) is 4.93. The highest BCUT2D eigenvalue weighted by atomic mass is 35.5. The van der Waals surface area contributed by atoms with Gasteiger partial charge in [-0.3, -0.25) is 29.5 Å². The number of hydrazine groups is 1. The number of imide groups is 2. The fourth-order valence-electron chi connectivity index (χ4n) is 8.77. The van der Waals surface area contributed by atoms with E-state index in [2.05, 4.69) is 12.0 Å². The summed E-state index contributed by atoms with van der Waals surface area (Å²) in [4.78, 5) is 59.5. The van der Waals surface area contributed by atoms with Crippen LogP contribution in [-0.2, 0) is 24.6 Å². The van der Waals surface area contributed by atoms with Gasteiger partial charge in [-0.25, -0.2) is 4.39 Å². The zero-order chi connectivity index (χ0) is 35.8. The van der Waals surface area contributed by atoms with Gasteiger partial charge < -0.3 is 5.11 Å². The number of nitrogens with one attached hydrogen (secondary N) is 1. The van der Waals surface area contributed by atoms with Gasteiger partial charge in [0.05, 0.1) is 34.5 Å². The number of allylic oxidation sites excluding steroid dienone is 2. The lowest BCUT2D eigenvalue weighted by Gasteiger charge is -2.50. The van der Waals surface area contributed by atoms with Crippen molar-refractivity contribution in [3.63, 3.8) is 0 Å². The van der Waals surface area contributed by atoms with Crippen LogP contribution in [0, 0.1) is 29.5 Å². The first kappa shape index (κ1) is 32.9. The summed E-state index contributed by atoms with van der Waals surface area (Å²) in [5.41, 5.74) is 4.27. The van der Waals surface area contributed by atoms with Crippen LogP contribution in [0.2, 0.25) is 10.0 Å². The molecule has 3 fully saturated rings. The van der Waals surface area contributed by atoms with Gasteiger partial charge in [-0.2, -0.15) is 5.01 Å². The van der Waals surface area contributed by atoms with Gasteiger partial charge >= 0.3 is 0 Å². The van der Waals surface area contributed by atoms with Crippen molar-refractivity contribution in [2.24, 2.45) is 23.7 Å². The average Bonchev–Trinajstić information content (AvgIpc) is 3.51. The Morgan fingerprint density at radius 3 is 2.22 bits per heavy atom. The molecule has 8 rings (SSSR count). The number of phenolic OH excluding ortho intramolecular Hbond substituents is 1. The number of fused-ring (bicyclic) bond motifs is 4. The number of aromatic hydroxyl groups is 1. The monoisotopic (exact) mass is 721 g/mol. The van der Waals surface area contributed by atoms with Crippen LogP contribution in [0.25, 0.3) is 6.08 Å². The van der Waals surface area contributed by atoms with E-state index in [1.54, 1.807) is 60.7 Å². The summed E-state index contributed by atoms with van der Waals surface area (Å²) in [5.74, 6) is -6.75. The topological polar surface area (TPSA) is 107 Å². The van der Waals surface area contributed by atoms with Crippen molar-refractivity contribution in [3.8, 4) is 5.75 Å². The fraction of sp³-hybridized carbons (Fsp3) is 0.200. The SMILES string of the molecule is C=Cc1ccc(N2C(=O)[C@H]3[C@H](CC=C4[C@H]3C[C@H]3C(=O)N(Nc5ccc(F)cc5)C(=O)[C@@]3(c3ccc(Cl)cc3)[C@H]4c3cc(Cl)ccc3O)C2=O)cc1. The second-order valence-corrected chi connectivity index (χ2v) is 14.3. The van der Waals surface area contributed by atoms with Gasteiger partial charge in [0.15, 0.2) is 0 Å². The molecule has 0 radical (unpaired) electrons. The second kappa shape index (κ2) is 12.2. The molecule has 4 aromatic carbocycles. The van der Waals surface area contributed by atoms with Gasteiger partial charge in [0.2, 0.25) is 11.8 Å². The Morgan fingerprint density at radius 1 is 0.843 bits per heavy atom. The molecule has 0 aromatic heterocycles. The van der Waals surface area contributed by atoms with Crippen molar-refractivity contribution >= 4 is 64.3 Å². The smallest absolute Gasteiger partial charge is 0.260 e. The van der Waals surface area contributed by atoms with Crippen LogP contribution in [-0.4, -0.2) is 33.7 Å². The van der Waals surface area contributed by atoms with Crippen molar-refractivity contribution < 1.29 is 28.7 Å². The standard InChI is InChI=1S/C40H30Cl2FN3O5/c1-2-21-3-14-27(15-4-21)45-36(48)29-17-16-28-30(34(29)38(45)50)20-32-37(49)46(44-26-12-10-25(43)11-13-26)39(51)40(32,22-5-7-23(41)8-6-22)35(28)31-19-24(42)9-18-33(31)47/h2-16,18-19,29-30,32,34-35,44,47H,1,17,20H2/t29-,30+,32-,34-,35+,40+/m0/s1. The first-order valence-electron chi connectivity index (χ1n) is 16.5. The van der Waals surface area contributed by atoms with E-state index in [1.807, 2.05) is 6.08 Å². The number of hydrogen-bond donors (Lipinski definition) is 2. The maximum Gasteiger partial charge on any atom is 0.260 e. The van der Waals surface area contributed by atoms with Crippen molar-refractivity contribution in [1.29, 1.82) is 0 Å². The van der Waals surface area contributed by atoms with E-state index in [1.165, 1.54) is 41.3 Å². The lowest BCUT2D eigenvalue weighted by atomic mass is 9.49. The van der Waals surface area contributed by atoms with E-state index in [9.17, 15) is 23.9 Å². The number of benzene rings is 4. The summed E-state index contributed by atoms with van der Waals surface area (Å²) in [6, 6.07) is 23.4. The second-order valence-electron chi connectivity index (χ2n) is 13.4. The van der Waals surface area contributed by atoms with Gasteiger partial charge in [0.25, 0.3) is 11.8 Å². The Labute approximate surface area is 302 Å². The highest BCUT2D eigenvalue weighted by Crippen LogP contribution is 2.65. The third-order valence-corrected chi connectivity index (χ3v) is 11.4. The van der Waals surface area contributed by atoms with E-state index in [4.69, 9.17) is 23.2 Å². The first-order valence-corrected chi connectivity index (χ1v) is 17.3. The number of amides is 4. The highest BCUT2D eigenvalue weighted by molar-refractivity contribution is 6.31. The maximum atomic E-state index is 15.2. The van der Waals surface area contributed by atoms with Gasteiger partial charge in [-0.1, -0.05) is 71.8 Å². The van der Waals surface area contributed by atoms with Crippen molar-refractivity contribution in [3.05, 3.63) is 142 Å². The molecule has 1 saturated carbocycles. The Morgan fingerprint density at radius 2 is 1.53 bits per heavy atom. The van der Waals surface area contributed by atoms with Crippen LogP contribution in [0.15, 0.2) is 109 Å². The molecule has 51 heavy (non-hydrogen) atoms. The van der Waals surface area contributed by atoms with E-state index in [-0.39, 0.29) is 24.5 Å². The predicted octanol–water partition coefficient (Wildman–Crippen LogP) is 7.67. The van der Waals surface area contributed by atoms with Gasteiger partial charge in [-0.05, 0) is 96.6 Å². The minimum absolute atomic E-state index is 0.0574. The molecular weight excluding hydrogens is 692 g/mol. The summed E-state index contributed by atoms with van der Waals surface area (Å²) < 4.78 is 13.8. The summed E-state index contributed by atoms with van der Waals surface area (Å²) in [6.45, 7) is 3.78. The van der Waals surface area contributed by atoms with E-state index >= 15 is 4.79 Å². The lowest BCUT2D eigenvalue weighted by molar-refractivity contribution is -0.138. The molecule has 0 unspecified atom stereocenters. The number of phenols is 1. The van der Waals surface area contributed by atoms with E-state index in [0.29, 0.717) is 38.1 Å². The van der Waals surface area contributed by atoms with Crippen LogP contribution >= 0.6 is 23.2 Å². The van der Waals surface area contributed by atoms with Crippen molar-refractivity contribution in [1.82, 2.24) is 5.01 Å². The minimum Gasteiger partial charge on any atom is -0.508 e. The molecule has 2 N–H and O–H groups in total.